The van der Waals surface area contributed by atoms with E-state index in [1.54, 1.807) is 12.1 Å². The zero-order valence-corrected chi connectivity index (χ0v) is 72.5. The smallest absolute Gasteiger partial charge is 0.338 e. The van der Waals surface area contributed by atoms with Crippen molar-refractivity contribution < 1.29 is 38.0 Å². The molecule has 0 aliphatic rings. The lowest BCUT2D eigenvalue weighted by Crippen LogP contribution is -2.16. The number of ether oxygens (including phenoxy) is 7. The third kappa shape index (κ3) is 54.7. The Labute approximate surface area is 672 Å². The molecule has 109 heavy (non-hydrogen) atoms. The van der Waals surface area contributed by atoms with Gasteiger partial charge in [-0.3, -0.25) is 0 Å². The summed E-state index contributed by atoms with van der Waals surface area (Å²) in [5.41, 5.74) is 7.44. The normalized spacial score (nSPS) is 11.3. The Morgan fingerprint density at radius 3 is 0.780 bits per heavy atom. The molecule has 9 heteroatoms. The van der Waals surface area contributed by atoms with Crippen molar-refractivity contribution in [3.8, 4) is 57.8 Å². The van der Waals surface area contributed by atoms with Crippen LogP contribution < -0.4 is 28.4 Å². The first kappa shape index (κ1) is 95.9. The Morgan fingerprint density at radius 1 is 0.284 bits per heavy atom. The Hall–Kier alpha value is -5.51. The summed E-state index contributed by atoms with van der Waals surface area (Å²) in [4.78, 5) is 14.2. The minimum absolute atomic E-state index is 0.123. The van der Waals surface area contributed by atoms with Gasteiger partial charge in [0.1, 0.15) is 62.4 Å². The minimum Gasteiger partial charge on any atom is -0.493 e. The van der Waals surface area contributed by atoms with E-state index in [1.165, 1.54) is 308 Å². The maximum atomic E-state index is 14.2. The maximum absolute atomic E-state index is 14.2. The molecule has 0 heterocycles. The van der Waals surface area contributed by atoms with E-state index >= 15 is 0 Å². The Morgan fingerprint density at radius 2 is 0.523 bits per heavy atom. The lowest BCUT2D eigenvalue weighted by Gasteiger charge is -2.16. The van der Waals surface area contributed by atoms with Crippen molar-refractivity contribution >= 4 is 14.0 Å². The molecule has 614 valence electrons. The summed E-state index contributed by atoms with van der Waals surface area (Å²) in [6.07, 6.45) is 74.2. The molecule has 4 aromatic carbocycles. The fourth-order valence-electron chi connectivity index (χ4n) is 14.3. The number of esters is 1. The third-order valence-electron chi connectivity index (χ3n) is 21.1. The van der Waals surface area contributed by atoms with Crippen LogP contribution in [0.3, 0.4) is 0 Å². The molecule has 0 saturated heterocycles. The second-order valence-electron chi connectivity index (χ2n) is 32.9. The monoisotopic (exact) mass is 1520 g/mol. The molecule has 0 aliphatic heterocycles. The Kier molecular flexibility index (Phi) is 59.9. The molecule has 0 unspecified atom stereocenters. The van der Waals surface area contributed by atoms with Crippen LogP contribution in [-0.4, -0.2) is 47.1 Å². The van der Waals surface area contributed by atoms with Crippen molar-refractivity contribution in [3.63, 3.8) is 0 Å². The van der Waals surface area contributed by atoms with E-state index in [2.05, 4.69) is 94.9 Å². The van der Waals surface area contributed by atoms with Crippen LogP contribution in [0.2, 0.25) is 19.6 Å². The largest absolute Gasteiger partial charge is 0.493 e. The average molecular weight is 1520 g/mol. The standard InChI is InChI=1S/C100H162O8Si/c1-8-12-16-20-24-28-32-36-40-44-48-52-56-63-72-102-94-78-89(79-95(84-94)103-73-64-57-53-49-45-41-37-33-29-25-21-17-13-9-2)87-107-98-82-93(100(101)106-76-67-62-70-91-68-60-61-69-92(91)71-77-109(5,6)7)83-99(86-98)108-88-90-80-96(104-74-65-58-54-50-46-42-38-34-30-26-22-18-14-10-3)85-97(81-90)105-75-66-59-55-51-47-43-39-35-31-27-23-19-15-11-4/h60-61,68-69,78-86H,8-59,63-67,72-76,87-88H2,1-7H3. The van der Waals surface area contributed by atoms with Crippen LogP contribution in [0.15, 0.2) is 78.9 Å². The predicted octanol–water partition coefficient (Wildman–Crippen LogP) is 31.1. The lowest BCUT2D eigenvalue weighted by molar-refractivity contribution is 0.0512. The third-order valence-corrected chi connectivity index (χ3v) is 21.9. The number of benzene rings is 4. The van der Waals surface area contributed by atoms with Crippen molar-refractivity contribution in [2.45, 2.75) is 427 Å². The first-order chi connectivity index (χ1) is 53.6. The lowest BCUT2D eigenvalue weighted by atomic mass is 10.0. The van der Waals surface area contributed by atoms with E-state index in [4.69, 9.17) is 33.2 Å². The zero-order valence-electron chi connectivity index (χ0n) is 71.5. The van der Waals surface area contributed by atoms with E-state index in [9.17, 15) is 4.79 Å². The highest BCUT2D eigenvalue weighted by atomic mass is 28.3. The van der Waals surface area contributed by atoms with E-state index in [-0.39, 0.29) is 19.8 Å². The summed E-state index contributed by atoms with van der Waals surface area (Å²) in [5.74, 6) is 13.6. The molecule has 0 aromatic heterocycles. The SMILES string of the molecule is CCCCCCCCCCCCCCCCOc1cc(COc2cc(OCc3cc(OCCCCCCCCCCCCCCCC)cc(OCCCCCCCCCCCCCCCC)c3)cc(C(=O)OCCC#Cc3ccccc3C#C[Si](C)(C)C)c2)cc(OCCCCCCCCCCCCCCCC)c1. The summed E-state index contributed by atoms with van der Waals surface area (Å²) < 4.78 is 45.5. The number of carbonyl (C=O) groups is 1. The Bertz CT molecular complexity index is 2700. The summed E-state index contributed by atoms with van der Waals surface area (Å²) in [5, 5.41) is 0. The van der Waals surface area contributed by atoms with Crippen molar-refractivity contribution in [1.29, 1.82) is 0 Å². The molecular weight excluding hydrogens is 1360 g/mol. The highest BCUT2D eigenvalue weighted by Crippen LogP contribution is 2.31. The van der Waals surface area contributed by atoms with Crippen LogP contribution >= 0.6 is 0 Å². The van der Waals surface area contributed by atoms with Crippen LogP contribution in [0.4, 0.5) is 0 Å². The van der Waals surface area contributed by atoms with Gasteiger partial charge >= 0.3 is 5.97 Å². The molecule has 0 N–H and O–H groups in total. The van der Waals surface area contributed by atoms with Gasteiger partial charge in [-0.05, 0) is 85.3 Å². The van der Waals surface area contributed by atoms with Crippen molar-refractivity contribution in [2.75, 3.05) is 33.0 Å². The first-order valence-corrected chi connectivity index (χ1v) is 49.6. The fourth-order valence-corrected chi connectivity index (χ4v) is 14.8. The van der Waals surface area contributed by atoms with E-state index in [0.717, 1.165) is 96.6 Å². The van der Waals surface area contributed by atoms with Crippen LogP contribution in [0.1, 0.15) is 426 Å². The number of carbonyl (C=O) groups excluding carboxylic acids is 1. The van der Waals surface area contributed by atoms with Gasteiger partial charge in [-0.2, -0.15) is 0 Å². The maximum Gasteiger partial charge on any atom is 0.338 e. The molecule has 0 fully saturated rings. The minimum atomic E-state index is -1.58. The van der Waals surface area contributed by atoms with Gasteiger partial charge in [-0.15, -0.1) is 5.54 Å². The molecule has 0 saturated carbocycles. The summed E-state index contributed by atoms with van der Waals surface area (Å²) in [7, 11) is -1.58. The van der Waals surface area contributed by atoms with Gasteiger partial charge in [0.15, 0.2) is 0 Å². The Balaban J connectivity index is 1.48. The second-order valence-corrected chi connectivity index (χ2v) is 37.7. The fraction of sp³-hybridized carbons (Fsp3) is 0.710. The number of unbranched alkanes of at least 4 members (excludes halogenated alkanes) is 52. The summed E-state index contributed by atoms with van der Waals surface area (Å²) in [6, 6.07) is 25.8. The molecule has 0 atom stereocenters. The number of rotatable bonds is 73. The molecule has 8 nitrogen and oxygen atoms in total. The van der Waals surface area contributed by atoms with Crippen molar-refractivity contribution in [3.05, 3.63) is 107 Å². The molecule has 4 rings (SSSR count). The van der Waals surface area contributed by atoms with Gasteiger partial charge in [0.2, 0.25) is 0 Å². The number of hydrogen-bond donors (Lipinski definition) is 0. The van der Waals surface area contributed by atoms with Crippen molar-refractivity contribution in [1.82, 2.24) is 0 Å². The average Bonchev–Trinajstić information content (AvgIpc) is 0.924. The molecule has 4 aromatic rings. The molecule has 0 aliphatic carbocycles. The summed E-state index contributed by atoms with van der Waals surface area (Å²) >= 11 is 0. The van der Waals surface area contributed by atoms with E-state index in [1.807, 2.05) is 42.5 Å². The number of hydrogen-bond acceptors (Lipinski definition) is 8. The van der Waals surface area contributed by atoms with Gasteiger partial charge in [0, 0.05) is 35.7 Å². The molecule has 0 radical (unpaired) electrons. The second kappa shape index (κ2) is 68.1. The van der Waals surface area contributed by atoms with Crippen LogP contribution in [-0.2, 0) is 18.0 Å². The van der Waals surface area contributed by atoms with Gasteiger partial charge in [0.05, 0.1) is 32.0 Å². The highest BCUT2D eigenvalue weighted by Gasteiger charge is 2.16. The topological polar surface area (TPSA) is 81.7 Å². The predicted molar refractivity (Wildman–Crippen MR) is 470 cm³/mol. The quantitative estimate of drug-likeness (QED) is 0.0187. The van der Waals surface area contributed by atoms with Crippen LogP contribution in [0.5, 0.6) is 34.5 Å². The van der Waals surface area contributed by atoms with Gasteiger partial charge in [-0.1, -0.05) is 411 Å². The van der Waals surface area contributed by atoms with E-state index in [0.29, 0.717) is 49.9 Å². The summed E-state index contributed by atoms with van der Waals surface area (Å²) in [6.45, 7) is 19.1. The molecule has 0 bridgehead atoms. The van der Waals surface area contributed by atoms with E-state index < -0.39 is 14.0 Å². The van der Waals surface area contributed by atoms with Crippen LogP contribution in [0, 0.1) is 23.3 Å². The van der Waals surface area contributed by atoms with Gasteiger partial charge in [0.25, 0.3) is 0 Å². The molecule has 0 amide bonds. The van der Waals surface area contributed by atoms with Gasteiger partial charge in [-0.25, -0.2) is 4.79 Å². The molecular formula is C100H162O8Si. The first-order valence-electron chi connectivity index (χ1n) is 46.1. The molecule has 0 spiro atoms. The highest BCUT2D eigenvalue weighted by molar-refractivity contribution is 6.83. The van der Waals surface area contributed by atoms with Crippen LogP contribution in [0.25, 0.3) is 0 Å². The van der Waals surface area contributed by atoms with Gasteiger partial charge < -0.3 is 33.2 Å². The zero-order chi connectivity index (χ0) is 77.7. The van der Waals surface area contributed by atoms with Crippen molar-refractivity contribution in [2.24, 2.45) is 0 Å².